The molecule has 1 fully saturated rings. The van der Waals surface area contributed by atoms with E-state index in [1.54, 1.807) is 12.3 Å². The summed E-state index contributed by atoms with van der Waals surface area (Å²) < 4.78 is 0. The normalized spacial score (nSPS) is 19.8. The number of nitrogens with zero attached hydrogens (tertiary/aromatic N) is 3. The molecule has 2 heterocycles. The van der Waals surface area contributed by atoms with Gasteiger partial charge in [0.15, 0.2) is 0 Å². The quantitative estimate of drug-likeness (QED) is 0.824. The SMILES string of the molecule is N#CCC1CCCN1c1nccc(S)c1Cl. The molecule has 0 aliphatic carbocycles. The first-order chi connectivity index (χ1) is 7.74. The van der Waals surface area contributed by atoms with Gasteiger partial charge in [0.05, 0.1) is 17.5 Å². The van der Waals surface area contributed by atoms with Crippen molar-refractivity contribution in [3.8, 4) is 6.07 Å². The summed E-state index contributed by atoms with van der Waals surface area (Å²) in [5.41, 5.74) is 0. The second-order valence-corrected chi connectivity index (χ2v) is 4.68. The predicted molar refractivity (Wildman–Crippen MR) is 67.1 cm³/mol. The van der Waals surface area contributed by atoms with Gasteiger partial charge in [-0.3, -0.25) is 0 Å². The van der Waals surface area contributed by atoms with Gasteiger partial charge in [0.1, 0.15) is 5.82 Å². The van der Waals surface area contributed by atoms with E-state index in [1.807, 2.05) is 0 Å². The van der Waals surface area contributed by atoms with Crippen LogP contribution in [-0.4, -0.2) is 17.6 Å². The first-order valence-electron chi connectivity index (χ1n) is 5.21. The maximum atomic E-state index is 8.77. The second-order valence-electron chi connectivity index (χ2n) is 3.82. The van der Waals surface area contributed by atoms with Crippen LogP contribution in [0.15, 0.2) is 17.2 Å². The minimum atomic E-state index is 0.241. The molecule has 0 saturated carbocycles. The van der Waals surface area contributed by atoms with E-state index in [1.165, 1.54) is 0 Å². The number of hydrogen-bond donors (Lipinski definition) is 1. The summed E-state index contributed by atoms with van der Waals surface area (Å²) >= 11 is 10.5. The Morgan fingerprint density at radius 2 is 2.50 bits per heavy atom. The fourth-order valence-electron chi connectivity index (χ4n) is 2.06. The third-order valence-electron chi connectivity index (χ3n) is 2.83. The van der Waals surface area contributed by atoms with E-state index in [0.29, 0.717) is 11.4 Å². The van der Waals surface area contributed by atoms with Crippen LogP contribution >= 0.6 is 24.2 Å². The van der Waals surface area contributed by atoms with Gasteiger partial charge in [-0.2, -0.15) is 5.26 Å². The minimum absolute atomic E-state index is 0.241. The first-order valence-corrected chi connectivity index (χ1v) is 6.03. The van der Waals surface area contributed by atoms with Crippen molar-refractivity contribution in [2.24, 2.45) is 0 Å². The number of anilines is 1. The molecule has 0 bridgehead atoms. The monoisotopic (exact) mass is 253 g/mol. The lowest BCUT2D eigenvalue weighted by Crippen LogP contribution is -2.29. The van der Waals surface area contributed by atoms with Gasteiger partial charge >= 0.3 is 0 Å². The third-order valence-corrected chi connectivity index (χ3v) is 3.70. The summed E-state index contributed by atoms with van der Waals surface area (Å²) in [5.74, 6) is 0.756. The van der Waals surface area contributed by atoms with Crippen LogP contribution in [0.25, 0.3) is 0 Å². The molecule has 0 aromatic carbocycles. The molecule has 5 heteroatoms. The van der Waals surface area contributed by atoms with E-state index in [9.17, 15) is 0 Å². The number of pyridine rings is 1. The van der Waals surface area contributed by atoms with Crippen LogP contribution in [0.2, 0.25) is 5.02 Å². The molecule has 16 heavy (non-hydrogen) atoms. The first kappa shape index (κ1) is 11.6. The molecule has 0 amide bonds. The van der Waals surface area contributed by atoms with Crippen LogP contribution in [-0.2, 0) is 0 Å². The summed E-state index contributed by atoms with van der Waals surface area (Å²) in [5, 5.41) is 9.35. The zero-order chi connectivity index (χ0) is 11.5. The van der Waals surface area contributed by atoms with Crippen LogP contribution < -0.4 is 4.90 Å². The summed E-state index contributed by atoms with van der Waals surface area (Å²) in [6, 6.07) is 4.22. The van der Waals surface area contributed by atoms with Gasteiger partial charge < -0.3 is 4.90 Å². The highest BCUT2D eigenvalue weighted by atomic mass is 35.5. The Labute approximate surface area is 105 Å². The van der Waals surface area contributed by atoms with Crippen LogP contribution in [0.1, 0.15) is 19.3 Å². The van der Waals surface area contributed by atoms with Crippen molar-refractivity contribution in [3.63, 3.8) is 0 Å². The van der Waals surface area contributed by atoms with E-state index in [-0.39, 0.29) is 6.04 Å². The fourth-order valence-corrected chi connectivity index (χ4v) is 2.44. The predicted octanol–water partition coefficient (Wildman–Crippen LogP) is 2.91. The van der Waals surface area contributed by atoms with Crippen molar-refractivity contribution in [1.29, 1.82) is 5.26 Å². The van der Waals surface area contributed by atoms with Crippen molar-refractivity contribution < 1.29 is 0 Å². The Hall–Kier alpha value is -0.920. The Morgan fingerprint density at radius 3 is 3.25 bits per heavy atom. The summed E-state index contributed by atoms with van der Waals surface area (Å²) in [6.07, 6.45) is 4.34. The lowest BCUT2D eigenvalue weighted by molar-refractivity contribution is 0.677. The minimum Gasteiger partial charge on any atom is -0.351 e. The Bertz CT molecular complexity index is 430. The van der Waals surface area contributed by atoms with Crippen molar-refractivity contribution in [2.75, 3.05) is 11.4 Å². The van der Waals surface area contributed by atoms with E-state index in [4.69, 9.17) is 16.9 Å². The molecule has 1 aliphatic heterocycles. The third kappa shape index (κ3) is 2.11. The number of thiol groups is 1. The molecule has 0 radical (unpaired) electrons. The zero-order valence-electron chi connectivity index (χ0n) is 8.73. The lowest BCUT2D eigenvalue weighted by Gasteiger charge is -2.25. The average molecular weight is 254 g/mol. The summed E-state index contributed by atoms with van der Waals surface area (Å²) in [6.45, 7) is 0.913. The summed E-state index contributed by atoms with van der Waals surface area (Å²) in [4.78, 5) is 7.14. The number of halogens is 1. The topological polar surface area (TPSA) is 39.9 Å². The maximum Gasteiger partial charge on any atom is 0.148 e. The van der Waals surface area contributed by atoms with E-state index in [0.717, 1.165) is 30.1 Å². The highest BCUT2D eigenvalue weighted by molar-refractivity contribution is 7.80. The van der Waals surface area contributed by atoms with Gasteiger partial charge in [-0.15, -0.1) is 12.6 Å². The van der Waals surface area contributed by atoms with Gasteiger partial charge in [-0.25, -0.2) is 4.98 Å². The molecule has 1 aliphatic rings. The molecule has 1 aromatic rings. The molecule has 1 atom stereocenters. The van der Waals surface area contributed by atoms with Crippen LogP contribution in [0.5, 0.6) is 0 Å². The lowest BCUT2D eigenvalue weighted by atomic mass is 10.1. The molecule has 84 valence electrons. The van der Waals surface area contributed by atoms with Gasteiger partial charge in [0.2, 0.25) is 0 Å². The average Bonchev–Trinajstić information content (AvgIpc) is 2.71. The molecule has 0 spiro atoms. The van der Waals surface area contributed by atoms with Crippen molar-refractivity contribution in [1.82, 2.24) is 4.98 Å². The van der Waals surface area contributed by atoms with E-state index >= 15 is 0 Å². The highest BCUT2D eigenvalue weighted by Gasteiger charge is 2.27. The summed E-state index contributed by atoms with van der Waals surface area (Å²) in [7, 11) is 0. The van der Waals surface area contributed by atoms with Crippen LogP contribution in [0.4, 0.5) is 5.82 Å². The Morgan fingerprint density at radius 1 is 1.69 bits per heavy atom. The molecule has 3 nitrogen and oxygen atoms in total. The molecular formula is C11H12ClN3S. The maximum absolute atomic E-state index is 8.77. The molecular weight excluding hydrogens is 242 g/mol. The second kappa shape index (κ2) is 4.94. The van der Waals surface area contributed by atoms with Crippen molar-refractivity contribution >= 4 is 30.0 Å². The standard InChI is InChI=1S/C11H12ClN3S/c12-10-9(16)4-6-14-11(10)15-7-1-2-8(15)3-5-13/h4,6,8H,1-3,7H2,(H,14,16). The number of rotatable bonds is 2. The van der Waals surface area contributed by atoms with Crippen LogP contribution in [0.3, 0.4) is 0 Å². The highest BCUT2D eigenvalue weighted by Crippen LogP contribution is 2.34. The zero-order valence-corrected chi connectivity index (χ0v) is 10.4. The molecule has 1 saturated heterocycles. The Balaban J connectivity index is 2.30. The van der Waals surface area contributed by atoms with E-state index < -0.39 is 0 Å². The molecule has 0 N–H and O–H groups in total. The largest absolute Gasteiger partial charge is 0.351 e. The fraction of sp³-hybridized carbons (Fsp3) is 0.455. The Kier molecular flexibility index (Phi) is 3.57. The van der Waals surface area contributed by atoms with Crippen molar-refractivity contribution in [2.45, 2.75) is 30.2 Å². The van der Waals surface area contributed by atoms with Gasteiger partial charge in [-0.1, -0.05) is 11.6 Å². The molecule has 1 aromatic heterocycles. The number of aromatic nitrogens is 1. The number of nitriles is 1. The van der Waals surface area contributed by atoms with Gasteiger partial charge in [-0.05, 0) is 18.9 Å². The molecule has 2 rings (SSSR count). The smallest absolute Gasteiger partial charge is 0.148 e. The molecule has 1 unspecified atom stereocenters. The van der Waals surface area contributed by atoms with Crippen molar-refractivity contribution in [3.05, 3.63) is 17.3 Å². The van der Waals surface area contributed by atoms with Gasteiger partial charge in [0.25, 0.3) is 0 Å². The van der Waals surface area contributed by atoms with E-state index in [2.05, 4.69) is 28.6 Å². The van der Waals surface area contributed by atoms with Gasteiger partial charge in [0, 0.05) is 23.7 Å². The number of hydrogen-bond acceptors (Lipinski definition) is 4. The van der Waals surface area contributed by atoms with Crippen LogP contribution in [0, 0.1) is 11.3 Å².